The summed E-state index contributed by atoms with van der Waals surface area (Å²) in [6.07, 6.45) is 3.70. The van der Waals surface area contributed by atoms with E-state index in [0.29, 0.717) is 38.5 Å². The number of nitrogens with zero attached hydrogens (tertiary/aromatic N) is 4. The summed E-state index contributed by atoms with van der Waals surface area (Å²) in [5.41, 5.74) is 1.13. The summed E-state index contributed by atoms with van der Waals surface area (Å²) in [7, 11) is 3.76. The summed E-state index contributed by atoms with van der Waals surface area (Å²) in [5, 5.41) is 0. The normalized spacial score (nSPS) is 18.1. The molecular formula is C20H22F2N4O2. The number of amides is 1. The first-order valence-electron chi connectivity index (χ1n) is 9.32. The number of hydrogen-bond acceptors (Lipinski definition) is 5. The number of piperidine rings is 1. The third-order valence-corrected chi connectivity index (χ3v) is 5.45. The molecule has 0 N–H and O–H groups in total. The second-order valence-electron chi connectivity index (χ2n) is 7.45. The highest BCUT2D eigenvalue weighted by Gasteiger charge is 2.43. The summed E-state index contributed by atoms with van der Waals surface area (Å²) in [6, 6.07) is 2.94. The maximum absolute atomic E-state index is 14.0. The standard InChI is InChI=1S/C20H22F2N4O2/c1-25(2)19-23-12-13-5-10-28-20(17(13)24-19)6-8-26(9-7-20)18(27)15-11-14(21)3-4-16(15)22/h3-4,11-12H,5-10H2,1-2H3. The number of halogens is 2. The largest absolute Gasteiger partial charge is 0.368 e. The number of aromatic nitrogens is 2. The van der Waals surface area contributed by atoms with Crippen LogP contribution < -0.4 is 4.90 Å². The molecule has 28 heavy (non-hydrogen) atoms. The van der Waals surface area contributed by atoms with Gasteiger partial charge in [-0.1, -0.05) is 0 Å². The van der Waals surface area contributed by atoms with Gasteiger partial charge in [0, 0.05) is 33.4 Å². The van der Waals surface area contributed by atoms with Gasteiger partial charge < -0.3 is 14.5 Å². The number of likely N-dealkylation sites (tertiary alicyclic amines) is 1. The number of carbonyl (C=O) groups is 1. The smallest absolute Gasteiger partial charge is 0.256 e. The van der Waals surface area contributed by atoms with Crippen molar-refractivity contribution in [1.29, 1.82) is 0 Å². The molecule has 6 nitrogen and oxygen atoms in total. The summed E-state index contributed by atoms with van der Waals surface area (Å²) < 4.78 is 33.6. The Kier molecular flexibility index (Phi) is 4.74. The molecule has 2 aromatic rings. The minimum absolute atomic E-state index is 0.238. The summed E-state index contributed by atoms with van der Waals surface area (Å²) in [5.74, 6) is -1.23. The van der Waals surface area contributed by atoms with Gasteiger partial charge in [-0.2, -0.15) is 0 Å². The highest BCUT2D eigenvalue weighted by Crippen LogP contribution is 2.41. The molecule has 2 aliphatic rings. The van der Waals surface area contributed by atoms with Gasteiger partial charge in [0.2, 0.25) is 5.95 Å². The molecule has 4 rings (SSSR count). The molecule has 148 valence electrons. The molecule has 1 fully saturated rings. The third-order valence-electron chi connectivity index (χ3n) is 5.45. The van der Waals surface area contributed by atoms with Gasteiger partial charge >= 0.3 is 0 Å². The van der Waals surface area contributed by atoms with E-state index in [1.807, 2.05) is 25.2 Å². The van der Waals surface area contributed by atoms with Crippen molar-refractivity contribution in [2.45, 2.75) is 24.9 Å². The van der Waals surface area contributed by atoms with Gasteiger partial charge in [0.1, 0.15) is 17.2 Å². The Hall–Kier alpha value is -2.61. The van der Waals surface area contributed by atoms with Gasteiger partial charge in [0.15, 0.2) is 0 Å². The average Bonchev–Trinajstić information content (AvgIpc) is 2.70. The minimum atomic E-state index is -0.714. The van der Waals surface area contributed by atoms with Crippen molar-refractivity contribution in [1.82, 2.24) is 14.9 Å². The topological polar surface area (TPSA) is 58.6 Å². The Bertz CT molecular complexity index is 911. The van der Waals surface area contributed by atoms with Crippen LogP contribution in [0.1, 0.15) is 34.5 Å². The van der Waals surface area contributed by atoms with Crippen LogP contribution >= 0.6 is 0 Å². The van der Waals surface area contributed by atoms with Crippen molar-refractivity contribution >= 4 is 11.9 Å². The zero-order chi connectivity index (χ0) is 19.9. The van der Waals surface area contributed by atoms with Crippen molar-refractivity contribution in [2.24, 2.45) is 0 Å². The van der Waals surface area contributed by atoms with Crippen molar-refractivity contribution < 1.29 is 18.3 Å². The lowest BCUT2D eigenvalue weighted by Gasteiger charge is -2.44. The molecule has 0 aliphatic carbocycles. The molecule has 1 aromatic carbocycles. The summed E-state index contributed by atoms with van der Waals surface area (Å²) >= 11 is 0. The van der Waals surface area contributed by atoms with Crippen molar-refractivity contribution in [3.8, 4) is 0 Å². The second kappa shape index (κ2) is 7.09. The fraction of sp³-hybridized carbons (Fsp3) is 0.450. The number of anilines is 1. The van der Waals surface area contributed by atoms with Crippen LogP contribution in [-0.2, 0) is 16.8 Å². The molecule has 8 heteroatoms. The highest BCUT2D eigenvalue weighted by atomic mass is 19.1. The number of carbonyl (C=O) groups excluding carboxylic acids is 1. The lowest BCUT2D eigenvalue weighted by molar-refractivity contribution is -0.0967. The van der Waals surface area contributed by atoms with E-state index in [9.17, 15) is 13.6 Å². The van der Waals surface area contributed by atoms with E-state index in [2.05, 4.69) is 4.98 Å². The molecule has 1 saturated heterocycles. The van der Waals surface area contributed by atoms with Crippen LogP contribution in [0, 0.1) is 11.6 Å². The SMILES string of the molecule is CN(C)c1ncc2c(n1)C1(CCN(C(=O)c3cc(F)ccc3F)CC1)OCC2. The van der Waals surface area contributed by atoms with Gasteiger partial charge in [0.25, 0.3) is 5.91 Å². The lowest BCUT2D eigenvalue weighted by atomic mass is 9.83. The van der Waals surface area contributed by atoms with E-state index in [0.717, 1.165) is 35.9 Å². The van der Waals surface area contributed by atoms with Gasteiger partial charge in [-0.25, -0.2) is 18.7 Å². The van der Waals surface area contributed by atoms with Crippen LogP contribution in [0.5, 0.6) is 0 Å². The zero-order valence-corrected chi connectivity index (χ0v) is 15.9. The first-order chi connectivity index (χ1) is 13.4. The molecule has 0 unspecified atom stereocenters. The van der Waals surface area contributed by atoms with E-state index < -0.39 is 23.1 Å². The van der Waals surface area contributed by atoms with Gasteiger partial charge in [-0.05, 0) is 43.0 Å². The lowest BCUT2D eigenvalue weighted by Crippen LogP contribution is -2.49. The maximum atomic E-state index is 14.0. The Morgan fingerprint density at radius 2 is 2.00 bits per heavy atom. The molecule has 1 spiro atoms. The summed E-state index contributed by atoms with van der Waals surface area (Å²) in [4.78, 5) is 25.2. The number of ether oxygens (including phenoxy) is 1. The average molecular weight is 388 g/mol. The Morgan fingerprint density at radius 3 is 2.71 bits per heavy atom. The predicted octanol–water partition coefficient (Wildman–Crippen LogP) is 2.53. The van der Waals surface area contributed by atoms with Crippen molar-refractivity contribution in [3.63, 3.8) is 0 Å². The van der Waals surface area contributed by atoms with Crippen LogP contribution in [0.2, 0.25) is 0 Å². The first-order valence-corrected chi connectivity index (χ1v) is 9.32. The quantitative estimate of drug-likeness (QED) is 0.791. The zero-order valence-electron chi connectivity index (χ0n) is 15.9. The molecule has 0 bridgehead atoms. The van der Waals surface area contributed by atoms with Crippen LogP contribution in [-0.4, -0.2) is 54.6 Å². The van der Waals surface area contributed by atoms with E-state index in [1.54, 1.807) is 4.90 Å². The Morgan fingerprint density at radius 1 is 1.25 bits per heavy atom. The fourth-order valence-electron chi connectivity index (χ4n) is 3.90. The van der Waals surface area contributed by atoms with Crippen molar-refractivity contribution in [2.75, 3.05) is 38.7 Å². The van der Waals surface area contributed by atoms with Gasteiger partial charge in [0.05, 0.1) is 17.9 Å². The van der Waals surface area contributed by atoms with Crippen LogP contribution in [0.15, 0.2) is 24.4 Å². The molecule has 0 saturated carbocycles. The first kappa shape index (κ1) is 18.7. The van der Waals surface area contributed by atoms with E-state index in [4.69, 9.17) is 9.72 Å². The summed E-state index contributed by atoms with van der Waals surface area (Å²) in [6.45, 7) is 1.34. The number of hydrogen-bond donors (Lipinski definition) is 0. The predicted molar refractivity (Wildman–Crippen MR) is 99.2 cm³/mol. The van der Waals surface area contributed by atoms with Gasteiger partial charge in [-0.3, -0.25) is 4.79 Å². The Balaban J connectivity index is 1.57. The number of benzene rings is 1. The third kappa shape index (κ3) is 3.22. The van der Waals surface area contributed by atoms with Crippen LogP contribution in [0.4, 0.5) is 14.7 Å². The monoisotopic (exact) mass is 388 g/mol. The highest BCUT2D eigenvalue weighted by molar-refractivity contribution is 5.94. The molecular weight excluding hydrogens is 366 g/mol. The Labute approximate surface area is 162 Å². The molecule has 1 amide bonds. The fourth-order valence-corrected chi connectivity index (χ4v) is 3.90. The van der Waals surface area contributed by atoms with Crippen LogP contribution in [0.3, 0.4) is 0 Å². The maximum Gasteiger partial charge on any atom is 0.256 e. The van der Waals surface area contributed by atoms with Gasteiger partial charge in [-0.15, -0.1) is 0 Å². The molecule has 3 heterocycles. The molecule has 0 atom stereocenters. The molecule has 0 radical (unpaired) electrons. The number of fused-ring (bicyclic) bond motifs is 2. The van der Waals surface area contributed by atoms with E-state index in [-0.39, 0.29) is 5.56 Å². The second-order valence-corrected chi connectivity index (χ2v) is 7.45. The molecule has 2 aliphatic heterocycles. The number of rotatable bonds is 2. The minimum Gasteiger partial charge on any atom is -0.368 e. The molecule has 1 aromatic heterocycles. The van der Waals surface area contributed by atoms with Crippen molar-refractivity contribution in [3.05, 3.63) is 52.9 Å². The van der Waals surface area contributed by atoms with E-state index in [1.165, 1.54) is 0 Å². The van der Waals surface area contributed by atoms with Crippen LogP contribution in [0.25, 0.3) is 0 Å². The van der Waals surface area contributed by atoms with E-state index >= 15 is 0 Å².